The van der Waals surface area contributed by atoms with Gasteiger partial charge in [-0.25, -0.2) is 0 Å². The van der Waals surface area contributed by atoms with Crippen LogP contribution in [-0.4, -0.2) is 12.5 Å². The Hall–Kier alpha value is -0.530. The predicted molar refractivity (Wildman–Crippen MR) is 59.0 cm³/mol. The Morgan fingerprint density at radius 1 is 1.36 bits per heavy atom. The maximum atomic E-state index is 10.6. The molecule has 0 heterocycles. The second-order valence-electron chi connectivity index (χ2n) is 4.96. The lowest BCUT2D eigenvalue weighted by Crippen LogP contribution is -2.21. The van der Waals surface area contributed by atoms with Crippen LogP contribution in [0.2, 0.25) is 0 Å². The van der Waals surface area contributed by atoms with Crippen LogP contribution >= 0.6 is 0 Å². The first-order valence-corrected chi connectivity index (χ1v) is 5.81. The molecule has 14 heavy (non-hydrogen) atoms. The highest BCUT2D eigenvalue weighted by atomic mass is 16.1. The van der Waals surface area contributed by atoms with Crippen LogP contribution in [0.1, 0.15) is 52.9 Å². The molecule has 0 radical (unpaired) electrons. The van der Waals surface area contributed by atoms with E-state index in [1.165, 1.54) is 25.7 Å². The van der Waals surface area contributed by atoms with Crippen molar-refractivity contribution in [3.63, 3.8) is 0 Å². The molecule has 0 unspecified atom stereocenters. The zero-order valence-corrected chi connectivity index (χ0v) is 9.73. The fraction of sp³-hybridized carbons (Fsp3) is 0.917. The minimum Gasteiger partial charge on any atom is -0.356 e. The highest BCUT2D eigenvalue weighted by Gasteiger charge is 2.44. The molecule has 82 valence electrons. The van der Waals surface area contributed by atoms with E-state index in [2.05, 4.69) is 19.2 Å². The van der Waals surface area contributed by atoms with E-state index in [9.17, 15) is 4.79 Å². The second kappa shape index (κ2) is 4.81. The fourth-order valence-corrected chi connectivity index (χ4v) is 2.14. The van der Waals surface area contributed by atoms with Gasteiger partial charge in [-0.2, -0.15) is 0 Å². The molecular weight excluding hydrogens is 174 g/mol. The van der Waals surface area contributed by atoms with Gasteiger partial charge < -0.3 is 5.32 Å². The molecule has 1 amide bonds. The SMILES string of the molecule is CC(=O)NCCCCC1(C(C)C)CC1. The van der Waals surface area contributed by atoms with E-state index in [0.717, 1.165) is 18.9 Å². The van der Waals surface area contributed by atoms with Crippen molar-refractivity contribution in [3.05, 3.63) is 0 Å². The third kappa shape index (κ3) is 3.32. The van der Waals surface area contributed by atoms with E-state index in [0.29, 0.717) is 5.41 Å². The number of unbranched alkanes of at least 4 members (excludes halogenated alkanes) is 1. The molecule has 0 aromatic carbocycles. The molecule has 1 saturated carbocycles. The third-order valence-electron chi connectivity index (χ3n) is 3.59. The van der Waals surface area contributed by atoms with Gasteiger partial charge in [-0.05, 0) is 37.0 Å². The molecule has 0 aliphatic heterocycles. The Morgan fingerprint density at radius 3 is 2.43 bits per heavy atom. The largest absolute Gasteiger partial charge is 0.356 e. The zero-order valence-electron chi connectivity index (χ0n) is 9.73. The summed E-state index contributed by atoms with van der Waals surface area (Å²) in [7, 11) is 0. The number of hydrogen-bond acceptors (Lipinski definition) is 1. The molecule has 1 aliphatic rings. The van der Waals surface area contributed by atoms with Crippen molar-refractivity contribution < 1.29 is 4.79 Å². The van der Waals surface area contributed by atoms with Gasteiger partial charge in [-0.1, -0.05) is 20.3 Å². The molecule has 1 rings (SSSR count). The van der Waals surface area contributed by atoms with E-state index in [1.807, 2.05) is 0 Å². The number of nitrogens with one attached hydrogen (secondary N) is 1. The summed E-state index contributed by atoms with van der Waals surface area (Å²) in [6, 6.07) is 0. The first-order chi connectivity index (χ1) is 6.57. The topological polar surface area (TPSA) is 29.1 Å². The van der Waals surface area contributed by atoms with E-state index < -0.39 is 0 Å². The smallest absolute Gasteiger partial charge is 0.216 e. The molecule has 0 bridgehead atoms. The summed E-state index contributed by atoms with van der Waals surface area (Å²) in [6.07, 6.45) is 6.59. The summed E-state index contributed by atoms with van der Waals surface area (Å²) in [5, 5.41) is 2.84. The van der Waals surface area contributed by atoms with Crippen molar-refractivity contribution in [2.24, 2.45) is 11.3 Å². The van der Waals surface area contributed by atoms with Gasteiger partial charge in [0.05, 0.1) is 0 Å². The lowest BCUT2D eigenvalue weighted by molar-refractivity contribution is -0.118. The minimum absolute atomic E-state index is 0.0926. The van der Waals surface area contributed by atoms with Gasteiger partial charge >= 0.3 is 0 Å². The van der Waals surface area contributed by atoms with Crippen molar-refractivity contribution in [2.45, 2.75) is 52.9 Å². The lowest BCUT2D eigenvalue weighted by Gasteiger charge is -2.19. The summed E-state index contributed by atoms with van der Waals surface area (Å²) >= 11 is 0. The Morgan fingerprint density at radius 2 is 2.00 bits per heavy atom. The van der Waals surface area contributed by atoms with Crippen LogP contribution in [0, 0.1) is 11.3 Å². The maximum absolute atomic E-state index is 10.6. The summed E-state index contributed by atoms with van der Waals surface area (Å²) in [6.45, 7) is 7.10. The lowest BCUT2D eigenvalue weighted by atomic mass is 9.87. The van der Waals surface area contributed by atoms with Crippen LogP contribution in [0.15, 0.2) is 0 Å². The molecular formula is C12H23NO. The molecule has 0 saturated heterocycles. The molecule has 2 nitrogen and oxygen atoms in total. The summed E-state index contributed by atoms with van der Waals surface area (Å²) < 4.78 is 0. The number of hydrogen-bond donors (Lipinski definition) is 1. The van der Waals surface area contributed by atoms with Gasteiger partial charge in [0.25, 0.3) is 0 Å². The standard InChI is InChI=1S/C12H23NO/c1-10(2)12(7-8-12)6-4-5-9-13-11(3)14/h10H,4-9H2,1-3H3,(H,13,14). The van der Waals surface area contributed by atoms with Gasteiger partial charge in [0.2, 0.25) is 5.91 Å². The predicted octanol–water partition coefficient (Wildman–Crippen LogP) is 2.73. The average Bonchev–Trinajstić information content (AvgIpc) is 2.84. The van der Waals surface area contributed by atoms with Gasteiger partial charge in [0.1, 0.15) is 0 Å². The highest BCUT2D eigenvalue weighted by molar-refractivity contribution is 5.72. The molecule has 0 atom stereocenters. The normalized spacial score (nSPS) is 18.3. The molecule has 0 aromatic heterocycles. The maximum Gasteiger partial charge on any atom is 0.216 e. The zero-order chi connectivity index (χ0) is 10.6. The summed E-state index contributed by atoms with van der Waals surface area (Å²) in [4.78, 5) is 10.6. The van der Waals surface area contributed by atoms with Crippen molar-refractivity contribution in [2.75, 3.05) is 6.54 Å². The first kappa shape index (κ1) is 11.5. The van der Waals surface area contributed by atoms with Gasteiger partial charge in [-0.15, -0.1) is 0 Å². The van der Waals surface area contributed by atoms with Crippen molar-refractivity contribution >= 4 is 5.91 Å². The molecule has 0 spiro atoms. The number of rotatable bonds is 6. The Labute approximate surface area is 87.5 Å². The number of amides is 1. The van der Waals surface area contributed by atoms with Crippen molar-refractivity contribution in [3.8, 4) is 0 Å². The van der Waals surface area contributed by atoms with Crippen LogP contribution < -0.4 is 5.32 Å². The average molecular weight is 197 g/mol. The van der Waals surface area contributed by atoms with Crippen LogP contribution in [0.25, 0.3) is 0 Å². The number of carbonyl (C=O) groups excluding carboxylic acids is 1. The van der Waals surface area contributed by atoms with E-state index >= 15 is 0 Å². The Bertz CT molecular complexity index is 194. The Balaban J connectivity index is 2.02. The van der Waals surface area contributed by atoms with Gasteiger partial charge in [0, 0.05) is 13.5 Å². The molecule has 1 N–H and O–H groups in total. The monoisotopic (exact) mass is 197 g/mol. The summed E-state index contributed by atoms with van der Waals surface area (Å²) in [5.74, 6) is 0.929. The van der Waals surface area contributed by atoms with Gasteiger partial charge in [-0.3, -0.25) is 4.79 Å². The molecule has 1 aliphatic carbocycles. The quantitative estimate of drug-likeness (QED) is 0.652. The number of carbonyl (C=O) groups is 1. The second-order valence-corrected chi connectivity index (χ2v) is 4.96. The Kier molecular flexibility index (Phi) is 3.97. The molecule has 0 aromatic rings. The van der Waals surface area contributed by atoms with E-state index in [-0.39, 0.29) is 5.91 Å². The van der Waals surface area contributed by atoms with Crippen LogP contribution in [-0.2, 0) is 4.79 Å². The van der Waals surface area contributed by atoms with E-state index in [4.69, 9.17) is 0 Å². The van der Waals surface area contributed by atoms with Crippen LogP contribution in [0.3, 0.4) is 0 Å². The fourth-order valence-electron chi connectivity index (χ4n) is 2.14. The van der Waals surface area contributed by atoms with E-state index in [1.54, 1.807) is 6.92 Å². The summed E-state index contributed by atoms with van der Waals surface area (Å²) in [5.41, 5.74) is 0.677. The molecule has 2 heteroatoms. The third-order valence-corrected chi connectivity index (χ3v) is 3.59. The minimum atomic E-state index is 0.0926. The van der Waals surface area contributed by atoms with Crippen molar-refractivity contribution in [1.82, 2.24) is 5.32 Å². The van der Waals surface area contributed by atoms with Crippen LogP contribution in [0.5, 0.6) is 0 Å². The van der Waals surface area contributed by atoms with Crippen LogP contribution in [0.4, 0.5) is 0 Å². The molecule has 1 fully saturated rings. The van der Waals surface area contributed by atoms with Crippen molar-refractivity contribution in [1.29, 1.82) is 0 Å². The highest BCUT2D eigenvalue weighted by Crippen LogP contribution is 2.55. The first-order valence-electron chi connectivity index (χ1n) is 5.81. The van der Waals surface area contributed by atoms with Gasteiger partial charge in [0.15, 0.2) is 0 Å².